The van der Waals surface area contributed by atoms with Crippen LogP contribution in [0.5, 0.6) is 0 Å². The van der Waals surface area contributed by atoms with Crippen molar-refractivity contribution in [1.29, 1.82) is 0 Å². The number of benzene rings is 3. The molecule has 3 aromatic rings. The van der Waals surface area contributed by atoms with Gasteiger partial charge < -0.3 is 9.64 Å². The molecule has 1 heterocycles. The van der Waals surface area contributed by atoms with E-state index >= 15 is 0 Å². The number of carbonyl (C=O) groups is 1. The number of nitrogens with zero attached hydrogens (tertiary/aromatic N) is 1. The van der Waals surface area contributed by atoms with Gasteiger partial charge in [0.15, 0.2) is 0 Å². The molecule has 0 bridgehead atoms. The summed E-state index contributed by atoms with van der Waals surface area (Å²) in [6.45, 7) is 6.28. The van der Waals surface area contributed by atoms with Gasteiger partial charge in [0.2, 0.25) is 0 Å². The summed E-state index contributed by atoms with van der Waals surface area (Å²) >= 11 is 0. The van der Waals surface area contributed by atoms with E-state index in [-0.39, 0.29) is 17.7 Å². The third kappa shape index (κ3) is 4.28. The zero-order valence-corrected chi connectivity index (χ0v) is 17.9. The largest absolute Gasteiger partial charge is 0.437 e. The highest BCUT2D eigenvalue weighted by Gasteiger charge is 2.42. The maximum Gasteiger partial charge on any atom is 0.411 e. The Morgan fingerprint density at radius 3 is 2.03 bits per heavy atom. The monoisotopic (exact) mass is 433 g/mol. The molecule has 1 saturated heterocycles. The van der Waals surface area contributed by atoms with Crippen LogP contribution >= 0.6 is 0 Å². The first-order chi connectivity index (χ1) is 15.4. The van der Waals surface area contributed by atoms with Crippen LogP contribution in [0, 0.1) is 11.6 Å². The van der Waals surface area contributed by atoms with Gasteiger partial charge in [-0.3, -0.25) is 0 Å². The molecular formula is C27H25F2NO2. The lowest BCUT2D eigenvalue weighted by molar-refractivity contribution is -0.0588. The number of ether oxygens (including phenoxy) is 1. The molecule has 0 aliphatic carbocycles. The van der Waals surface area contributed by atoms with E-state index in [1.54, 1.807) is 35.2 Å². The Morgan fingerprint density at radius 2 is 1.50 bits per heavy atom. The topological polar surface area (TPSA) is 29.5 Å². The second kappa shape index (κ2) is 8.95. The number of cyclic esters (lactones) is 1. The number of rotatable bonds is 6. The van der Waals surface area contributed by atoms with Crippen molar-refractivity contribution in [2.45, 2.75) is 31.4 Å². The average molecular weight is 433 g/mol. The fraction of sp³-hybridized carbons (Fsp3) is 0.222. The zero-order chi connectivity index (χ0) is 22.7. The predicted molar refractivity (Wildman–Crippen MR) is 121 cm³/mol. The van der Waals surface area contributed by atoms with Crippen molar-refractivity contribution in [2.75, 3.05) is 6.54 Å². The Labute approximate surface area is 187 Å². The molecule has 1 amide bonds. The molecule has 32 heavy (non-hydrogen) atoms. The van der Waals surface area contributed by atoms with Gasteiger partial charge in [-0.05, 0) is 53.4 Å². The Hall–Kier alpha value is -3.47. The molecule has 0 radical (unpaired) electrons. The summed E-state index contributed by atoms with van der Waals surface area (Å²) in [5.41, 5.74) is 2.81. The van der Waals surface area contributed by atoms with Gasteiger partial charge in [0.05, 0.1) is 6.04 Å². The molecule has 1 unspecified atom stereocenters. The quantitative estimate of drug-likeness (QED) is 0.392. The van der Waals surface area contributed by atoms with Crippen molar-refractivity contribution in [1.82, 2.24) is 4.90 Å². The second-order valence-electron chi connectivity index (χ2n) is 8.11. The molecule has 0 saturated carbocycles. The zero-order valence-electron chi connectivity index (χ0n) is 17.9. The first-order valence-electron chi connectivity index (χ1n) is 10.6. The standard InChI is InChI=1S/C27H25F2NO2/c1-3-16-27(23-10-14-25(29)15-11-23)17-18-30(26(31)32-27)19(2)20-4-6-21(7-5-20)22-8-12-24(28)13-9-22/h3-15,19H,1,16-18H2,2H3/t19-,27?/m0/s1. The Morgan fingerprint density at radius 1 is 0.969 bits per heavy atom. The fourth-order valence-electron chi connectivity index (χ4n) is 4.25. The van der Waals surface area contributed by atoms with Gasteiger partial charge >= 0.3 is 6.09 Å². The van der Waals surface area contributed by atoms with E-state index in [9.17, 15) is 13.6 Å². The summed E-state index contributed by atoms with van der Waals surface area (Å²) in [5.74, 6) is -0.597. The van der Waals surface area contributed by atoms with Gasteiger partial charge in [0.25, 0.3) is 0 Å². The van der Waals surface area contributed by atoms with Crippen LogP contribution in [0.1, 0.15) is 36.9 Å². The molecule has 0 spiro atoms. The Balaban J connectivity index is 1.51. The maximum absolute atomic E-state index is 13.4. The first-order valence-corrected chi connectivity index (χ1v) is 10.6. The van der Waals surface area contributed by atoms with Crippen LogP contribution in [-0.2, 0) is 10.3 Å². The van der Waals surface area contributed by atoms with E-state index in [2.05, 4.69) is 6.58 Å². The Kier molecular flexibility index (Phi) is 6.08. The van der Waals surface area contributed by atoms with E-state index in [1.807, 2.05) is 31.2 Å². The van der Waals surface area contributed by atoms with Crippen molar-refractivity contribution in [3.8, 4) is 11.1 Å². The third-order valence-corrected chi connectivity index (χ3v) is 6.16. The highest BCUT2D eigenvalue weighted by molar-refractivity contribution is 5.70. The molecule has 3 nitrogen and oxygen atoms in total. The van der Waals surface area contributed by atoms with Crippen LogP contribution in [0.3, 0.4) is 0 Å². The predicted octanol–water partition coefficient (Wildman–Crippen LogP) is 7.01. The third-order valence-electron chi connectivity index (χ3n) is 6.16. The number of halogens is 2. The number of hydrogen-bond donors (Lipinski definition) is 0. The smallest absolute Gasteiger partial charge is 0.411 e. The number of hydrogen-bond acceptors (Lipinski definition) is 2. The maximum atomic E-state index is 13.4. The summed E-state index contributed by atoms with van der Waals surface area (Å²) < 4.78 is 32.5. The van der Waals surface area contributed by atoms with Gasteiger partial charge in [-0.1, -0.05) is 54.6 Å². The summed E-state index contributed by atoms with van der Waals surface area (Å²) in [7, 11) is 0. The van der Waals surface area contributed by atoms with Gasteiger partial charge in [-0.2, -0.15) is 0 Å². The van der Waals surface area contributed by atoms with Crippen LogP contribution in [0.15, 0.2) is 85.5 Å². The van der Waals surface area contributed by atoms with Crippen LogP contribution in [0.25, 0.3) is 11.1 Å². The number of amides is 1. The minimum atomic E-state index is -0.838. The lowest BCUT2D eigenvalue weighted by atomic mass is 9.85. The first kappa shape index (κ1) is 21.8. The van der Waals surface area contributed by atoms with Crippen LogP contribution in [-0.4, -0.2) is 17.5 Å². The van der Waals surface area contributed by atoms with E-state index < -0.39 is 11.7 Å². The molecule has 0 aromatic heterocycles. The highest BCUT2D eigenvalue weighted by Crippen LogP contribution is 2.40. The van der Waals surface area contributed by atoms with Gasteiger partial charge in [-0.15, -0.1) is 6.58 Å². The SMILES string of the molecule is C=CCC1(c2ccc(F)cc2)CCN([C@@H](C)c2ccc(-c3ccc(F)cc3)cc2)C(=O)O1. The van der Waals surface area contributed by atoms with Crippen molar-refractivity contribution >= 4 is 6.09 Å². The fourth-order valence-corrected chi connectivity index (χ4v) is 4.25. The molecule has 1 aliphatic rings. The van der Waals surface area contributed by atoms with Gasteiger partial charge in [0.1, 0.15) is 17.2 Å². The summed E-state index contributed by atoms with van der Waals surface area (Å²) in [5, 5.41) is 0. The summed E-state index contributed by atoms with van der Waals surface area (Å²) in [6.07, 6.45) is 2.36. The summed E-state index contributed by atoms with van der Waals surface area (Å²) in [6, 6.07) is 20.2. The molecule has 4 rings (SSSR count). The lowest BCUT2D eigenvalue weighted by Gasteiger charge is -2.43. The van der Waals surface area contributed by atoms with E-state index in [4.69, 9.17) is 4.74 Å². The van der Waals surface area contributed by atoms with E-state index in [0.29, 0.717) is 19.4 Å². The molecular weight excluding hydrogens is 408 g/mol. The molecule has 1 aliphatic heterocycles. The van der Waals surface area contributed by atoms with Crippen molar-refractivity contribution in [3.63, 3.8) is 0 Å². The minimum absolute atomic E-state index is 0.181. The average Bonchev–Trinajstić information content (AvgIpc) is 2.80. The summed E-state index contributed by atoms with van der Waals surface area (Å²) in [4.78, 5) is 14.7. The van der Waals surface area contributed by atoms with Crippen molar-refractivity contribution < 1.29 is 18.3 Å². The molecule has 2 atom stereocenters. The van der Waals surface area contributed by atoms with E-state index in [1.165, 1.54) is 24.3 Å². The van der Waals surface area contributed by atoms with Crippen molar-refractivity contribution in [2.24, 2.45) is 0 Å². The minimum Gasteiger partial charge on any atom is -0.437 e. The lowest BCUT2D eigenvalue weighted by Crippen LogP contribution is -2.48. The van der Waals surface area contributed by atoms with Crippen LogP contribution < -0.4 is 0 Å². The highest BCUT2D eigenvalue weighted by atomic mass is 19.1. The Bertz CT molecular complexity index is 1090. The molecule has 5 heteroatoms. The molecule has 0 N–H and O–H groups in total. The van der Waals surface area contributed by atoms with Crippen LogP contribution in [0.4, 0.5) is 13.6 Å². The molecule has 1 fully saturated rings. The molecule has 3 aromatic carbocycles. The molecule has 164 valence electrons. The second-order valence-corrected chi connectivity index (χ2v) is 8.11. The number of carbonyl (C=O) groups excluding carboxylic acids is 1. The van der Waals surface area contributed by atoms with Gasteiger partial charge in [0, 0.05) is 19.4 Å². The van der Waals surface area contributed by atoms with Gasteiger partial charge in [-0.25, -0.2) is 13.6 Å². The van der Waals surface area contributed by atoms with E-state index in [0.717, 1.165) is 22.3 Å². The van der Waals surface area contributed by atoms with Crippen LogP contribution in [0.2, 0.25) is 0 Å². The normalized spacial score (nSPS) is 19.3. The van der Waals surface area contributed by atoms with Crippen molar-refractivity contribution in [3.05, 3.63) is 108 Å².